The number of benzene rings is 1. The van der Waals surface area contributed by atoms with Crippen molar-refractivity contribution in [1.29, 1.82) is 0 Å². The highest BCUT2D eigenvalue weighted by atomic mass is 16.7. The fourth-order valence-electron chi connectivity index (χ4n) is 3.15. The molecule has 5 atom stereocenters. The van der Waals surface area contributed by atoms with Crippen molar-refractivity contribution in [3.05, 3.63) is 29.8 Å². The first kappa shape index (κ1) is 14.4. The molecule has 1 aromatic rings. The molecular formula is C17H20O4. The second-order valence-corrected chi connectivity index (χ2v) is 5.48. The van der Waals surface area contributed by atoms with Crippen LogP contribution in [0.15, 0.2) is 24.3 Å². The highest BCUT2D eigenvalue weighted by Gasteiger charge is 2.57. The first-order valence-electron chi connectivity index (χ1n) is 7.15. The summed E-state index contributed by atoms with van der Waals surface area (Å²) in [6, 6.07) is 7.84. The van der Waals surface area contributed by atoms with E-state index in [0.717, 1.165) is 17.7 Å². The largest absolute Gasteiger partial charge is 0.497 e. The maximum Gasteiger partial charge on any atom is 0.158 e. The van der Waals surface area contributed by atoms with Crippen molar-refractivity contribution >= 4 is 0 Å². The van der Waals surface area contributed by atoms with Gasteiger partial charge in [0.1, 0.15) is 5.75 Å². The van der Waals surface area contributed by atoms with E-state index >= 15 is 0 Å². The highest BCUT2D eigenvalue weighted by Crippen LogP contribution is 2.48. The van der Waals surface area contributed by atoms with Crippen LogP contribution in [0.3, 0.4) is 0 Å². The molecule has 1 aliphatic carbocycles. The van der Waals surface area contributed by atoms with Crippen LogP contribution in [0.25, 0.3) is 0 Å². The molecule has 21 heavy (non-hydrogen) atoms. The minimum atomic E-state index is -0.148. The van der Waals surface area contributed by atoms with Crippen molar-refractivity contribution in [3.63, 3.8) is 0 Å². The number of rotatable bonds is 5. The lowest BCUT2D eigenvalue weighted by Gasteiger charge is -2.44. The molecule has 1 aromatic carbocycles. The van der Waals surface area contributed by atoms with Crippen LogP contribution in [0, 0.1) is 24.2 Å². The Morgan fingerprint density at radius 3 is 2.67 bits per heavy atom. The lowest BCUT2D eigenvalue weighted by Crippen LogP contribution is -2.54. The Hall–Kier alpha value is -1.54. The normalized spacial score (nSPS) is 33.9. The van der Waals surface area contributed by atoms with Gasteiger partial charge in [-0.3, -0.25) is 0 Å². The van der Waals surface area contributed by atoms with Crippen LogP contribution in [-0.4, -0.2) is 32.7 Å². The zero-order valence-electron chi connectivity index (χ0n) is 12.3. The SMILES string of the molecule is C#C[C@@H]1[C@H]2CC(OC)O[C@H]2[C@@H]1OCc1ccc(OC)cc1. The van der Waals surface area contributed by atoms with Crippen LogP contribution in [0.2, 0.25) is 0 Å². The molecule has 1 unspecified atom stereocenters. The fraction of sp³-hybridized carbons (Fsp3) is 0.529. The van der Waals surface area contributed by atoms with E-state index in [1.54, 1.807) is 14.2 Å². The maximum atomic E-state index is 5.98. The van der Waals surface area contributed by atoms with Gasteiger partial charge in [-0.25, -0.2) is 0 Å². The van der Waals surface area contributed by atoms with Crippen molar-refractivity contribution < 1.29 is 18.9 Å². The Bertz CT molecular complexity index is 519. The third-order valence-corrected chi connectivity index (χ3v) is 4.39. The van der Waals surface area contributed by atoms with Gasteiger partial charge in [-0.2, -0.15) is 0 Å². The minimum absolute atomic E-state index is 0.0396. The monoisotopic (exact) mass is 288 g/mol. The van der Waals surface area contributed by atoms with E-state index in [2.05, 4.69) is 5.92 Å². The van der Waals surface area contributed by atoms with Crippen LogP contribution in [0.1, 0.15) is 12.0 Å². The summed E-state index contributed by atoms with van der Waals surface area (Å²) in [6.45, 7) is 0.525. The maximum absolute atomic E-state index is 5.98. The molecule has 1 aliphatic heterocycles. The van der Waals surface area contributed by atoms with Crippen LogP contribution in [0.5, 0.6) is 5.75 Å². The summed E-state index contributed by atoms with van der Waals surface area (Å²) in [7, 11) is 3.31. The van der Waals surface area contributed by atoms with Gasteiger partial charge in [-0.15, -0.1) is 12.3 Å². The van der Waals surface area contributed by atoms with Crippen molar-refractivity contribution in [2.75, 3.05) is 14.2 Å². The molecule has 0 amide bonds. The lowest BCUT2D eigenvalue weighted by atomic mass is 9.68. The molecule has 0 aromatic heterocycles. The van der Waals surface area contributed by atoms with Crippen LogP contribution in [-0.2, 0) is 20.8 Å². The highest BCUT2D eigenvalue weighted by molar-refractivity contribution is 5.26. The third kappa shape index (κ3) is 2.65. The van der Waals surface area contributed by atoms with Gasteiger partial charge in [-0.05, 0) is 17.7 Å². The number of fused-ring (bicyclic) bond motifs is 1. The summed E-state index contributed by atoms with van der Waals surface area (Å²) < 4.78 is 22.2. The summed E-state index contributed by atoms with van der Waals surface area (Å²) in [5.74, 6) is 4.16. The Morgan fingerprint density at radius 1 is 1.29 bits per heavy atom. The molecule has 4 nitrogen and oxygen atoms in total. The summed E-state index contributed by atoms with van der Waals surface area (Å²) in [5, 5.41) is 0. The van der Waals surface area contributed by atoms with Crippen molar-refractivity contribution in [2.24, 2.45) is 11.8 Å². The van der Waals surface area contributed by atoms with Gasteiger partial charge in [0.05, 0.1) is 31.8 Å². The first-order chi connectivity index (χ1) is 10.3. The second-order valence-electron chi connectivity index (χ2n) is 5.48. The molecule has 0 N–H and O–H groups in total. The topological polar surface area (TPSA) is 36.9 Å². The predicted molar refractivity (Wildman–Crippen MR) is 77.7 cm³/mol. The van der Waals surface area contributed by atoms with Crippen LogP contribution in [0.4, 0.5) is 0 Å². The number of methoxy groups -OCH3 is 2. The first-order valence-corrected chi connectivity index (χ1v) is 7.15. The van der Waals surface area contributed by atoms with Gasteiger partial charge in [0.2, 0.25) is 0 Å². The summed E-state index contributed by atoms with van der Waals surface area (Å²) in [6.07, 6.45) is 6.37. The van der Waals surface area contributed by atoms with E-state index in [-0.39, 0.29) is 24.4 Å². The molecule has 112 valence electrons. The fourth-order valence-corrected chi connectivity index (χ4v) is 3.15. The van der Waals surface area contributed by atoms with E-state index in [1.165, 1.54) is 0 Å². The Balaban J connectivity index is 1.58. The van der Waals surface area contributed by atoms with Crippen molar-refractivity contribution in [3.8, 4) is 18.1 Å². The Morgan fingerprint density at radius 2 is 2.05 bits per heavy atom. The van der Waals surface area contributed by atoms with Gasteiger partial charge >= 0.3 is 0 Å². The minimum Gasteiger partial charge on any atom is -0.497 e. The van der Waals surface area contributed by atoms with E-state index in [0.29, 0.717) is 12.5 Å². The van der Waals surface area contributed by atoms with Crippen LogP contribution < -0.4 is 4.74 Å². The van der Waals surface area contributed by atoms with Gasteiger partial charge in [0.25, 0.3) is 0 Å². The number of hydrogen-bond donors (Lipinski definition) is 0. The quantitative estimate of drug-likeness (QED) is 0.779. The van der Waals surface area contributed by atoms with Gasteiger partial charge in [-0.1, -0.05) is 12.1 Å². The molecule has 1 saturated carbocycles. The van der Waals surface area contributed by atoms with Crippen molar-refractivity contribution in [1.82, 2.24) is 0 Å². The summed E-state index contributed by atoms with van der Waals surface area (Å²) >= 11 is 0. The smallest absolute Gasteiger partial charge is 0.158 e. The standard InChI is InChI=1S/C17H20O4/c1-4-13-14-9-15(19-3)21-17(14)16(13)20-10-11-5-7-12(18-2)8-6-11/h1,5-8,13-17H,9-10H2,2-3H3/t13-,14-,15?,16-,17-/m1/s1. The zero-order chi connectivity index (χ0) is 14.8. The molecule has 4 heteroatoms. The molecule has 0 bridgehead atoms. The molecule has 2 fully saturated rings. The van der Waals surface area contributed by atoms with Crippen LogP contribution >= 0.6 is 0 Å². The zero-order valence-corrected chi connectivity index (χ0v) is 12.3. The van der Waals surface area contributed by atoms with E-state index in [4.69, 9.17) is 25.4 Å². The third-order valence-electron chi connectivity index (χ3n) is 4.39. The average Bonchev–Trinajstić information content (AvgIpc) is 2.88. The molecule has 1 heterocycles. The number of ether oxygens (including phenoxy) is 4. The summed E-state index contributed by atoms with van der Waals surface area (Å²) in [4.78, 5) is 0. The molecular weight excluding hydrogens is 268 g/mol. The average molecular weight is 288 g/mol. The second kappa shape index (κ2) is 6.07. The molecule has 0 spiro atoms. The van der Waals surface area contributed by atoms with Crippen molar-refractivity contribution in [2.45, 2.75) is 31.5 Å². The van der Waals surface area contributed by atoms with E-state index in [1.807, 2.05) is 24.3 Å². The lowest BCUT2D eigenvalue weighted by molar-refractivity contribution is -0.194. The van der Waals surface area contributed by atoms with Gasteiger partial charge < -0.3 is 18.9 Å². The van der Waals surface area contributed by atoms with E-state index in [9.17, 15) is 0 Å². The molecule has 1 saturated heterocycles. The van der Waals surface area contributed by atoms with E-state index < -0.39 is 0 Å². The molecule has 2 aliphatic rings. The van der Waals surface area contributed by atoms with Gasteiger partial charge in [0.15, 0.2) is 6.29 Å². The summed E-state index contributed by atoms with van der Waals surface area (Å²) in [5.41, 5.74) is 1.09. The Labute approximate surface area is 125 Å². The molecule has 3 rings (SSSR count). The number of terminal acetylenes is 1. The molecule has 0 radical (unpaired) electrons. The number of hydrogen-bond acceptors (Lipinski definition) is 4. The predicted octanol–water partition coefficient (Wildman–Crippen LogP) is 2.22. The van der Waals surface area contributed by atoms with Gasteiger partial charge in [0, 0.05) is 19.4 Å². The Kier molecular flexibility index (Phi) is 4.16.